The van der Waals surface area contributed by atoms with Crippen molar-refractivity contribution in [1.82, 2.24) is 24.9 Å². The zero-order valence-corrected chi connectivity index (χ0v) is 25.9. The number of carbonyl (C=O) groups excluding carboxylic acids is 1. The molecule has 0 spiro atoms. The molecular weight excluding hydrogens is 570 g/mol. The molecule has 5 heterocycles. The molecule has 2 unspecified atom stereocenters. The Morgan fingerprint density at radius 3 is 2.52 bits per heavy atom. The maximum atomic E-state index is 12.7. The molecule has 2 fully saturated rings. The summed E-state index contributed by atoms with van der Waals surface area (Å²) < 4.78 is 7.49. The lowest BCUT2D eigenvalue weighted by Crippen LogP contribution is -2.40. The summed E-state index contributed by atoms with van der Waals surface area (Å²) in [5, 5.41) is 11.7. The maximum Gasteiger partial charge on any atom is 0.321 e. The summed E-state index contributed by atoms with van der Waals surface area (Å²) in [4.78, 5) is 21.8. The highest BCUT2D eigenvalue weighted by Gasteiger charge is 2.34. The highest BCUT2D eigenvalue weighted by Crippen LogP contribution is 2.40. The molecule has 7 rings (SSSR count). The standard InChI is InChI=1S/C34H39N7O2S/c1-2-41-23-30(32(38-41)26-7-9-27(10-8-26)36-34(42)40-15-19-44-20-16-40)28-11-12-35-33-29(28)21-31(37-33)25-5-3-24(4-6-25)22-39-13-17-43-18-14-39/h3-12,21,23,29,33,37H,2,13-20,22H2,1H3,(H,36,42). The normalized spacial score (nSPS) is 21.8. The number of anilines is 1. The minimum absolute atomic E-state index is 0.0326. The number of benzene rings is 2. The number of hydrogen-bond acceptors (Lipinski definition) is 7. The Balaban J connectivity index is 1.09. The molecule has 2 N–H and O–H groups in total. The predicted octanol–water partition coefficient (Wildman–Crippen LogP) is 5.04. The number of urea groups is 1. The molecule has 228 valence electrons. The zero-order chi connectivity index (χ0) is 29.9. The highest BCUT2D eigenvalue weighted by atomic mass is 32.2. The van der Waals surface area contributed by atoms with Gasteiger partial charge in [0.15, 0.2) is 0 Å². The number of carbonyl (C=O) groups is 1. The van der Waals surface area contributed by atoms with E-state index in [-0.39, 0.29) is 18.1 Å². The third-order valence-corrected chi connectivity index (χ3v) is 9.67. The van der Waals surface area contributed by atoms with Crippen molar-refractivity contribution in [3.8, 4) is 11.3 Å². The summed E-state index contributed by atoms with van der Waals surface area (Å²) in [5.41, 5.74) is 8.66. The molecule has 3 aromatic rings. The molecule has 0 radical (unpaired) electrons. The van der Waals surface area contributed by atoms with Gasteiger partial charge in [-0.05, 0) is 47.9 Å². The molecule has 4 aliphatic rings. The number of aliphatic imine (C=N–C) groups is 1. The summed E-state index contributed by atoms with van der Waals surface area (Å²) in [6.45, 7) is 9.02. The molecule has 0 saturated carbocycles. The smallest absolute Gasteiger partial charge is 0.321 e. The van der Waals surface area contributed by atoms with Gasteiger partial charge in [-0.15, -0.1) is 0 Å². The number of ether oxygens (including phenoxy) is 1. The van der Waals surface area contributed by atoms with Crippen molar-refractivity contribution in [2.24, 2.45) is 10.9 Å². The van der Waals surface area contributed by atoms with Crippen LogP contribution in [0.5, 0.6) is 0 Å². The van der Waals surface area contributed by atoms with E-state index in [4.69, 9.17) is 14.8 Å². The number of dihydropyridines is 1. The highest BCUT2D eigenvalue weighted by molar-refractivity contribution is 7.99. The number of hydrogen-bond donors (Lipinski definition) is 2. The van der Waals surface area contributed by atoms with Crippen molar-refractivity contribution >= 4 is 41.0 Å². The second-order valence-corrected chi connectivity index (χ2v) is 12.8. The van der Waals surface area contributed by atoms with E-state index in [1.165, 1.54) is 16.7 Å². The monoisotopic (exact) mass is 609 g/mol. The summed E-state index contributed by atoms with van der Waals surface area (Å²) >= 11 is 1.89. The van der Waals surface area contributed by atoms with Crippen LogP contribution in [0.15, 0.2) is 71.9 Å². The van der Waals surface area contributed by atoms with Gasteiger partial charge in [0.2, 0.25) is 0 Å². The van der Waals surface area contributed by atoms with Crippen molar-refractivity contribution in [3.63, 3.8) is 0 Å². The second kappa shape index (κ2) is 13.0. The first-order chi connectivity index (χ1) is 21.6. The summed E-state index contributed by atoms with van der Waals surface area (Å²) in [5.74, 6) is 2.08. The zero-order valence-electron chi connectivity index (χ0n) is 25.1. The fourth-order valence-corrected chi connectivity index (χ4v) is 7.13. The number of fused-ring (bicyclic) bond motifs is 1. The van der Waals surface area contributed by atoms with Gasteiger partial charge in [0.1, 0.15) is 6.17 Å². The van der Waals surface area contributed by atoms with Crippen molar-refractivity contribution in [3.05, 3.63) is 83.6 Å². The third kappa shape index (κ3) is 6.20. The van der Waals surface area contributed by atoms with Gasteiger partial charge >= 0.3 is 6.03 Å². The van der Waals surface area contributed by atoms with Crippen molar-refractivity contribution in [2.45, 2.75) is 26.2 Å². The number of nitrogens with zero attached hydrogens (tertiary/aromatic N) is 5. The Morgan fingerprint density at radius 2 is 1.77 bits per heavy atom. The number of aromatic nitrogens is 2. The van der Waals surface area contributed by atoms with Gasteiger partial charge in [-0.2, -0.15) is 16.9 Å². The van der Waals surface area contributed by atoms with Gasteiger partial charge in [0.05, 0.1) is 18.9 Å². The number of nitrogens with one attached hydrogen (secondary N) is 2. The SMILES string of the molecule is CCn1cc(C2=CC=NC3NC(c4ccc(CN5CCOCC5)cc4)=CC23)c(-c2ccc(NC(=O)N3CCSCC3)cc2)n1. The van der Waals surface area contributed by atoms with Gasteiger partial charge in [0, 0.05) is 91.6 Å². The fourth-order valence-electron chi connectivity index (χ4n) is 6.23. The molecule has 1 aromatic heterocycles. The van der Waals surface area contributed by atoms with Crippen LogP contribution in [0.3, 0.4) is 0 Å². The van der Waals surface area contributed by atoms with E-state index in [0.29, 0.717) is 0 Å². The minimum atomic E-state index is -0.0540. The molecule has 2 amide bonds. The van der Waals surface area contributed by atoms with E-state index in [1.807, 2.05) is 39.7 Å². The third-order valence-electron chi connectivity index (χ3n) is 8.73. The van der Waals surface area contributed by atoms with Gasteiger partial charge in [-0.3, -0.25) is 14.6 Å². The first-order valence-corrected chi connectivity index (χ1v) is 16.7. The number of rotatable bonds is 7. The van der Waals surface area contributed by atoms with Crippen LogP contribution in [0.4, 0.5) is 10.5 Å². The van der Waals surface area contributed by atoms with Gasteiger partial charge in [-0.25, -0.2) is 4.79 Å². The van der Waals surface area contributed by atoms with E-state index in [0.717, 1.165) is 92.2 Å². The molecule has 4 aliphatic heterocycles. The molecule has 2 saturated heterocycles. The van der Waals surface area contributed by atoms with E-state index in [2.05, 4.69) is 77.2 Å². The molecule has 10 heteroatoms. The van der Waals surface area contributed by atoms with E-state index < -0.39 is 0 Å². The van der Waals surface area contributed by atoms with Crippen molar-refractivity contribution in [1.29, 1.82) is 0 Å². The number of morpholine rings is 1. The van der Waals surface area contributed by atoms with Crippen LogP contribution < -0.4 is 10.6 Å². The average molecular weight is 610 g/mol. The second-order valence-electron chi connectivity index (χ2n) is 11.6. The fraction of sp³-hybridized carbons (Fsp3) is 0.382. The molecular formula is C34H39N7O2S. The average Bonchev–Trinajstić information content (AvgIpc) is 3.71. The van der Waals surface area contributed by atoms with Crippen LogP contribution in [0.2, 0.25) is 0 Å². The lowest BCUT2D eigenvalue weighted by molar-refractivity contribution is 0.0342. The lowest BCUT2D eigenvalue weighted by Gasteiger charge is -2.26. The van der Waals surface area contributed by atoms with E-state index in [9.17, 15) is 4.79 Å². The van der Waals surface area contributed by atoms with Crippen molar-refractivity contribution in [2.75, 3.05) is 56.2 Å². The van der Waals surface area contributed by atoms with Crippen LogP contribution in [-0.2, 0) is 17.8 Å². The Bertz CT molecular complexity index is 1570. The molecule has 0 bridgehead atoms. The Kier molecular flexibility index (Phi) is 8.54. The van der Waals surface area contributed by atoms with Gasteiger partial charge < -0.3 is 20.3 Å². The number of allylic oxidation sites excluding steroid dienone is 1. The van der Waals surface area contributed by atoms with Crippen LogP contribution in [0.25, 0.3) is 22.5 Å². The van der Waals surface area contributed by atoms with E-state index >= 15 is 0 Å². The molecule has 44 heavy (non-hydrogen) atoms. The lowest BCUT2D eigenvalue weighted by atomic mass is 9.88. The summed E-state index contributed by atoms with van der Waals surface area (Å²) in [6, 6.07) is 16.9. The molecule has 2 atom stereocenters. The molecule has 0 aliphatic carbocycles. The Morgan fingerprint density at radius 1 is 1.02 bits per heavy atom. The predicted molar refractivity (Wildman–Crippen MR) is 179 cm³/mol. The maximum absolute atomic E-state index is 12.7. The topological polar surface area (TPSA) is 87.0 Å². The summed E-state index contributed by atoms with van der Waals surface area (Å²) in [6.07, 6.45) is 8.44. The first kappa shape index (κ1) is 28.9. The van der Waals surface area contributed by atoms with Crippen LogP contribution in [0.1, 0.15) is 23.6 Å². The van der Waals surface area contributed by atoms with E-state index in [1.54, 1.807) is 0 Å². The van der Waals surface area contributed by atoms with Crippen molar-refractivity contribution < 1.29 is 9.53 Å². The minimum Gasteiger partial charge on any atom is -0.379 e. The number of thioether (sulfide) groups is 1. The van der Waals surface area contributed by atoms with Crippen LogP contribution in [0, 0.1) is 5.92 Å². The molecule has 9 nitrogen and oxygen atoms in total. The van der Waals surface area contributed by atoms with Gasteiger partial charge in [-0.1, -0.05) is 36.4 Å². The van der Waals surface area contributed by atoms with Crippen LogP contribution >= 0.6 is 11.8 Å². The quantitative estimate of drug-likeness (QED) is 0.391. The number of aryl methyl sites for hydroxylation is 1. The van der Waals surface area contributed by atoms with Gasteiger partial charge in [0.25, 0.3) is 0 Å². The number of amides is 2. The van der Waals surface area contributed by atoms with Crippen LogP contribution in [-0.4, -0.2) is 88.9 Å². The Labute approximate surface area is 263 Å². The Hall–Kier alpha value is -3.86. The summed E-state index contributed by atoms with van der Waals surface area (Å²) in [7, 11) is 0. The first-order valence-electron chi connectivity index (χ1n) is 15.6. The molecule has 2 aromatic carbocycles. The largest absolute Gasteiger partial charge is 0.379 e.